The summed E-state index contributed by atoms with van der Waals surface area (Å²) >= 11 is 0. The molecule has 2 heterocycles. The third-order valence-electron chi connectivity index (χ3n) is 3.93. The smallest absolute Gasteiger partial charge is 0.0538 e. The highest BCUT2D eigenvalue weighted by Crippen LogP contribution is 2.22. The number of nitrogens with zero attached hydrogens (tertiary/aromatic N) is 4. The number of aromatic nitrogens is 2. The van der Waals surface area contributed by atoms with Gasteiger partial charge in [0.2, 0.25) is 0 Å². The van der Waals surface area contributed by atoms with Gasteiger partial charge in [0.15, 0.2) is 0 Å². The number of hydrogen-bond acceptors (Lipinski definition) is 4. The van der Waals surface area contributed by atoms with E-state index in [1.807, 2.05) is 17.9 Å². The summed E-state index contributed by atoms with van der Waals surface area (Å²) in [4.78, 5) is 4.85. The van der Waals surface area contributed by atoms with E-state index in [0.717, 1.165) is 26.2 Å². The Hall–Kier alpha value is -0.910. The van der Waals surface area contributed by atoms with Crippen LogP contribution in [0.1, 0.15) is 18.5 Å². The van der Waals surface area contributed by atoms with Gasteiger partial charge in [0.25, 0.3) is 0 Å². The van der Waals surface area contributed by atoms with Gasteiger partial charge < -0.3 is 10.2 Å². The maximum Gasteiger partial charge on any atom is 0.0538 e. The van der Waals surface area contributed by atoms with Gasteiger partial charge in [-0.05, 0) is 28.1 Å². The molecule has 1 aliphatic rings. The molecule has 2 atom stereocenters. The average Bonchev–Trinajstić information content (AvgIpc) is 2.83. The Balaban J connectivity index is 2.16. The first-order valence-corrected chi connectivity index (χ1v) is 6.74. The predicted octanol–water partition coefficient (Wildman–Crippen LogP) is 0.409. The Bertz CT molecular complexity index is 375. The molecule has 2 rings (SSSR count). The van der Waals surface area contributed by atoms with Gasteiger partial charge in [-0.25, -0.2) is 0 Å². The molecule has 1 aromatic heterocycles. The zero-order valence-corrected chi connectivity index (χ0v) is 11.9. The van der Waals surface area contributed by atoms with Crippen LogP contribution in [0.15, 0.2) is 12.4 Å². The lowest BCUT2D eigenvalue weighted by Crippen LogP contribution is -2.54. The second-order valence-corrected chi connectivity index (χ2v) is 5.21. The summed E-state index contributed by atoms with van der Waals surface area (Å²) in [6.45, 7) is 6.42. The van der Waals surface area contributed by atoms with Gasteiger partial charge >= 0.3 is 0 Å². The molecule has 0 aliphatic carbocycles. The second-order valence-electron chi connectivity index (χ2n) is 5.21. The average molecular weight is 251 g/mol. The van der Waals surface area contributed by atoms with E-state index in [9.17, 15) is 0 Å². The molecule has 0 radical (unpaired) electrons. The van der Waals surface area contributed by atoms with Gasteiger partial charge in [0.05, 0.1) is 12.2 Å². The van der Waals surface area contributed by atoms with Crippen LogP contribution in [0.5, 0.6) is 0 Å². The molecule has 102 valence electrons. The van der Waals surface area contributed by atoms with Crippen LogP contribution in [0.25, 0.3) is 0 Å². The van der Waals surface area contributed by atoms with Crippen LogP contribution in [0.3, 0.4) is 0 Å². The van der Waals surface area contributed by atoms with Gasteiger partial charge in [0, 0.05) is 44.0 Å². The van der Waals surface area contributed by atoms with Crippen molar-refractivity contribution in [3.63, 3.8) is 0 Å². The molecule has 1 saturated heterocycles. The molecule has 18 heavy (non-hydrogen) atoms. The van der Waals surface area contributed by atoms with Crippen molar-refractivity contribution in [2.75, 3.05) is 40.8 Å². The number of rotatable bonds is 4. The van der Waals surface area contributed by atoms with E-state index < -0.39 is 0 Å². The maximum absolute atomic E-state index is 4.39. The molecule has 2 unspecified atom stereocenters. The Labute approximate surface area is 110 Å². The van der Waals surface area contributed by atoms with E-state index >= 15 is 0 Å². The first-order valence-electron chi connectivity index (χ1n) is 6.74. The summed E-state index contributed by atoms with van der Waals surface area (Å²) in [5, 5.41) is 7.84. The summed E-state index contributed by atoms with van der Waals surface area (Å²) < 4.78 is 1.99. The van der Waals surface area contributed by atoms with E-state index in [0.29, 0.717) is 12.1 Å². The number of aryl methyl sites for hydroxylation is 1. The number of likely N-dealkylation sites (N-methyl/N-ethyl adjacent to an activating group) is 3. The largest absolute Gasteiger partial charge is 0.312 e. The molecule has 1 fully saturated rings. The van der Waals surface area contributed by atoms with Crippen LogP contribution in [0.4, 0.5) is 0 Å². The van der Waals surface area contributed by atoms with E-state index in [1.54, 1.807) is 0 Å². The zero-order chi connectivity index (χ0) is 13.1. The van der Waals surface area contributed by atoms with Crippen LogP contribution in [-0.2, 0) is 6.54 Å². The van der Waals surface area contributed by atoms with Crippen LogP contribution in [0.2, 0.25) is 0 Å². The maximum atomic E-state index is 4.39. The standard InChI is InChI=1S/C13H25N5/c1-5-18-9-11(8-15-18)13(14-2)12-10-16(3)6-7-17(12)4/h8-9,12-14H,5-7,10H2,1-4H3. The summed E-state index contributed by atoms with van der Waals surface area (Å²) in [5.74, 6) is 0. The second kappa shape index (κ2) is 5.82. The fraction of sp³-hybridized carbons (Fsp3) is 0.769. The Morgan fingerprint density at radius 2 is 2.22 bits per heavy atom. The Kier molecular flexibility index (Phi) is 4.37. The van der Waals surface area contributed by atoms with E-state index in [1.165, 1.54) is 5.56 Å². The SMILES string of the molecule is CCn1cc(C(NC)C2CN(C)CCN2C)cn1. The Morgan fingerprint density at radius 1 is 1.44 bits per heavy atom. The van der Waals surface area contributed by atoms with Gasteiger partial charge in [-0.15, -0.1) is 0 Å². The van der Waals surface area contributed by atoms with Crippen molar-refractivity contribution in [3.05, 3.63) is 18.0 Å². The number of nitrogens with one attached hydrogen (secondary N) is 1. The molecule has 0 aromatic carbocycles. The van der Waals surface area contributed by atoms with Crippen LogP contribution >= 0.6 is 0 Å². The third kappa shape index (κ3) is 2.74. The van der Waals surface area contributed by atoms with Crippen molar-refractivity contribution in [2.24, 2.45) is 0 Å². The minimum atomic E-state index is 0.345. The van der Waals surface area contributed by atoms with Gasteiger partial charge in [0.1, 0.15) is 0 Å². The molecular weight excluding hydrogens is 226 g/mol. The molecule has 0 amide bonds. The quantitative estimate of drug-likeness (QED) is 0.841. The molecular formula is C13H25N5. The van der Waals surface area contributed by atoms with Crippen LogP contribution in [0, 0.1) is 0 Å². The molecule has 0 spiro atoms. The van der Waals surface area contributed by atoms with E-state index in [-0.39, 0.29) is 0 Å². The highest BCUT2D eigenvalue weighted by molar-refractivity contribution is 5.14. The topological polar surface area (TPSA) is 36.3 Å². The van der Waals surface area contributed by atoms with Crippen molar-refractivity contribution in [1.82, 2.24) is 24.9 Å². The van der Waals surface area contributed by atoms with Crippen molar-refractivity contribution >= 4 is 0 Å². The predicted molar refractivity (Wildman–Crippen MR) is 73.6 cm³/mol. The van der Waals surface area contributed by atoms with Crippen molar-refractivity contribution in [1.29, 1.82) is 0 Å². The van der Waals surface area contributed by atoms with Crippen molar-refractivity contribution < 1.29 is 0 Å². The lowest BCUT2D eigenvalue weighted by atomic mass is 9.99. The fourth-order valence-electron chi connectivity index (χ4n) is 2.70. The summed E-state index contributed by atoms with van der Waals surface area (Å²) in [7, 11) is 6.45. The molecule has 1 aromatic rings. The van der Waals surface area contributed by atoms with E-state index in [4.69, 9.17) is 0 Å². The summed E-state index contributed by atoms with van der Waals surface area (Å²) in [6, 6.07) is 0.848. The van der Waals surface area contributed by atoms with E-state index in [2.05, 4.69) is 47.4 Å². The molecule has 0 saturated carbocycles. The molecule has 1 aliphatic heterocycles. The normalized spacial score (nSPS) is 24.3. The monoisotopic (exact) mass is 251 g/mol. The Morgan fingerprint density at radius 3 is 2.83 bits per heavy atom. The minimum Gasteiger partial charge on any atom is -0.312 e. The zero-order valence-electron chi connectivity index (χ0n) is 11.9. The van der Waals surface area contributed by atoms with Crippen molar-refractivity contribution in [2.45, 2.75) is 25.6 Å². The first-order chi connectivity index (χ1) is 8.65. The fourth-order valence-corrected chi connectivity index (χ4v) is 2.70. The highest BCUT2D eigenvalue weighted by Gasteiger charge is 2.30. The van der Waals surface area contributed by atoms with Gasteiger partial charge in [-0.2, -0.15) is 5.10 Å². The van der Waals surface area contributed by atoms with Gasteiger partial charge in [-0.3, -0.25) is 9.58 Å². The van der Waals surface area contributed by atoms with Gasteiger partial charge in [-0.1, -0.05) is 0 Å². The van der Waals surface area contributed by atoms with Crippen molar-refractivity contribution in [3.8, 4) is 0 Å². The first kappa shape index (κ1) is 13.5. The molecule has 1 N–H and O–H groups in total. The lowest BCUT2D eigenvalue weighted by molar-refractivity contribution is 0.0897. The third-order valence-corrected chi connectivity index (χ3v) is 3.93. The lowest BCUT2D eigenvalue weighted by Gasteiger charge is -2.41. The molecule has 5 nitrogen and oxygen atoms in total. The van der Waals surface area contributed by atoms with Crippen LogP contribution < -0.4 is 5.32 Å². The number of hydrogen-bond donors (Lipinski definition) is 1. The number of piperazine rings is 1. The highest BCUT2D eigenvalue weighted by atomic mass is 15.3. The minimum absolute atomic E-state index is 0.345. The molecule has 0 bridgehead atoms. The summed E-state index contributed by atoms with van der Waals surface area (Å²) in [6.07, 6.45) is 4.15. The van der Waals surface area contributed by atoms with Crippen LogP contribution in [-0.4, -0.2) is 66.4 Å². The summed E-state index contributed by atoms with van der Waals surface area (Å²) in [5.41, 5.74) is 1.28. The molecule has 5 heteroatoms.